The number of rotatable bonds is 0. The minimum Gasteiger partial charge on any atom is -0.359 e. The van der Waals surface area contributed by atoms with Gasteiger partial charge in [-0.1, -0.05) is 0 Å². The Hall–Kier alpha value is -0.0375. The van der Waals surface area contributed by atoms with Crippen molar-refractivity contribution in [3.8, 4) is 0 Å². The van der Waals surface area contributed by atoms with Crippen molar-refractivity contribution in [2.45, 2.75) is 25.3 Å². The van der Waals surface area contributed by atoms with E-state index in [0.717, 1.165) is 25.9 Å². The molecule has 1 amide bonds. The van der Waals surface area contributed by atoms with Crippen molar-refractivity contribution in [2.24, 2.45) is 5.73 Å². The van der Waals surface area contributed by atoms with Gasteiger partial charge in [-0.05, 0) is 19.8 Å². The molecule has 1 saturated heterocycles. The van der Waals surface area contributed by atoms with E-state index in [-0.39, 0.29) is 5.54 Å². The molecule has 0 aromatic rings. The molecule has 1 rings (SSSR count). The SMILES string of the molecule is CC1(N)CCN([C](=O)[AlH2])CC1. The number of likely N-dealkylation sites (tertiary alicyclic amines) is 1. The van der Waals surface area contributed by atoms with E-state index in [4.69, 9.17) is 5.73 Å². The maximum atomic E-state index is 11.0. The Bertz CT molecular complexity index is 160. The molecule has 3 nitrogen and oxygen atoms in total. The summed E-state index contributed by atoms with van der Waals surface area (Å²) in [5.41, 5.74) is 5.88. The maximum Gasteiger partial charge on any atom is 0.355 e. The van der Waals surface area contributed by atoms with E-state index in [1.165, 1.54) is 0 Å². The maximum absolute atomic E-state index is 11.0. The second kappa shape index (κ2) is 3.14. The summed E-state index contributed by atoms with van der Waals surface area (Å²) >= 11 is 0.640. The lowest BCUT2D eigenvalue weighted by Gasteiger charge is -2.36. The van der Waals surface area contributed by atoms with Crippen molar-refractivity contribution in [1.29, 1.82) is 0 Å². The summed E-state index contributed by atoms with van der Waals surface area (Å²) in [6, 6.07) is 0. The van der Waals surface area contributed by atoms with E-state index in [9.17, 15) is 4.79 Å². The molecule has 62 valence electrons. The van der Waals surface area contributed by atoms with Gasteiger partial charge in [0.2, 0.25) is 0 Å². The predicted molar refractivity (Wildman–Crippen MR) is 47.3 cm³/mol. The molecule has 1 aliphatic rings. The first kappa shape index (κ1) is 9.05. The molecular formula is C7H15AlN2O. The quantitative estimate of drug-likeness (QED) is 0.501. The lowest BCUT2D eigenvalue weighted by Crippen LogP contribution is -2.49. The third-order valence-corrected chi connectivity index (χ3v) is 2.98. The van der Waals surface area contributed by atoms with Gasteiger partial charge >= 0.3 is 16.3 Å². The third-order valence-electron chi connectivity index (χ3n) is 2.35. The van der Waals surface area contributed by atoms with Crippen LogP contribution in [0, 0.1) is 0 Å². The van der Waals surface area contributed by atoms with Crippen molar-refractivity contribution >= 4 is 21.1 Å². The molecule has 0 unspecified atom stereocenters. The Morgan fingerprint density at radius 3 is 2.36 bits per heavy atom. The van der Waals surface area contributed by atoms with Crippen molar-refractivity contribution in [1.82, 2.24) is 4.90 Å². The van der Waals surface area contributed by atoms with E-state index in [0.29, 0.717) is 21.1 Å². The fraction of sp³-hybridized carbons (Fsp3) is 0.857. The molecule has 1 heterocycles. The first-order valence-electron chi connectivity index (χ1n) is 4.06. The number of hydrogen-bond donors (Lipinski definition) is 1. The van der Waals surface area contributed by atoms with Crippen LogP contribution in [0.5, 0.6) is 0 Å². The zero-order valence-corrected chi connectivity index (χ0v) is 9.26. The Morgan fingerprint density at radius 1 is 1.55 bits per heavy atom. The lowest BCUT2D eigenvalue weighted by atomic mass is 9.91. The van der Waals surface area contributed by atoms with E-state index in [2.05, 4.69) is 6.92 Å². The van der Waals surface area contributed by atoms with Gasteiger partial charge in [-0.25, -0.2) is 0 Å². The Labute approximate surface area is 75.3 Å². The number of nitrogens with two attached hydrogens (primary N) is 1. The molecule has 0 aromatic carbocycles. The average molecular weight is 170 g/mol. The monoisotopic (exact) mass is 170 g/mol. The standard InChI is InChI=1S/C7H13N2O.Al.2H/c1-7(8)2-4-9(6-10)5-3-7;;;/h2-5,8H2,1H3;;;. The number of amides is 1. The fourth-order valence-electron chi connectivity index (χ4n) is 1.33. The summed E-state index contributed by atoms with van der Waals surface area (Å²) in [6.45, 7) is 3.77. The molecule has 0 atom stereocenters. The van der Waals surface area contributed by atoms with E-state index < -0.39 is 0 Å². The Morgan fingerprint density at radius 2 is 2.00 bits per heavy atom. The molecule has 0 spiro atoms. The topological polar surface area (TPSA) is 46.3 Å². The van der Waals surface area contributed by atoms with Gasteiger partial charge in [0, 0.05) is 18.6 Å². The van der Waals surface area contributed by atoms with Gasteiger partial charge in [-0.15, -0.1) is 0 Å². The van der Waals surface area contributed by atoms with Crippen LogP contribution >= 0.6 is 0 Å². The highest BCUT2D eigenvalue weighted by molar-refractivity contribution is 6.56. The van der Waals surface area contributed by atoms with Crippen LogP contribution in [0.25, 0.3) is 0 Å². The Kier molecular flexibility index (Phi) is 2.58. The van der Waals surface area contributed by atoms with E-state index >= 15 is 0 Å². The van der Waals surface area contributed by atoms with Crippen LogP contribution in [-0.4, -0.2) is 44.6 Å². The van der Waals surface area contributed by atoms with Gasteiger partial charge in [-0.3, -0.25) is 4.79 Å². The highest BCUT2D eigenvalue weighted by atomic mass is 27.0. The molecule has 0 aromatic heterocycles. The summed E-state index contributed by atoms with van der Waals surface area (Å²) < 4.78 is 0.306. The number of piperidine rings is 1. The first-order valence-corrected chi connectivity index (χ1v) is 5.06. The second-order valence-corrected chi connectivity index (χ2v) is 4.52. The normalized spacial score (nSPS) is 23.3. The van der Waals surface area contributed by atoms with Crippen LogP contribution in [0.2, 0.25) is 0 Å². The molecule has 0 bridgehead atoms. The molecular weight excluding hydrogens is 155 g/mol. The highest BCUT2D eigenvalue weighted by Crippen LogP contribution is 2.18. The largest absolute Gasteiger partial charge is 0.359 e. The fourth-order valence-corrected chi connectivity index (χ4v) is 1.78. The molecule has 11 heavy (non-hydrogen) atoms. The summed E-state index contributed by atoms with van der Waals surface area (Å²) in [4.78, 5) is 12.9. The lowest BCUT2D eigenvalue weighted by molar-refractivity contribution is 0.184. The van der Waals surface area contributed by atoms with Crippen LogP contribution in [-0.2, 0) is 0 Å². The third kappa shape index (κ3) is 2.48. The zero-order valence-electron chi connectivity index (χ0n) is 7.26. The average Bonchev–Trinajstić information content (AvgIpc) is 1.86. The number of hydrogen-bond acceptors (Lipinski definition) is 2. The summed E-state index contributed by atoms with van der Waals surface area (Å²) in [6.07, 6.45) is 1.89. The second-order valence-electron chi connectivity index (χ2n) is 3.66. The van der Waals surface area contributed by atoms with Crippen molar-refractivity contribution in [3.63, 3.8) is 0 Å². The number of carbonyl (C=O) groups is 1. The minimum absolute atomic E-state index is 0.0342. The van der Waals surface area contributed by atoms with Crippen LogP contribution in [0.1, 0.15) is 19.8 Å². The Balaban J connectivity index is 2.42. The molecule has 0 radical (unpaired) electrons. The van der Waals surface area contributed by atoms with Crippen LogP contribution in [0.4, 0.5) is 4.79 Å². The van der Waals surface area contributed by atoms with Gasteiger partial charge < -0.3 is 10.6 Å². The van der Waals surface area contributed by atoms with Crippen LogP contribution in [0.15, 0.2) is 0 Å². The number of carbonyl (C=O) groups excluding carboxylic acids is 1. The minimum atomic E-state index is -0.0342. The zero-order chi connectivity index (χ0) is 8.48. The van der Waals surface area contributed by atoms with Gasteiger partial charge in [0.05, 0.1) is 0 Å². The smallest absolute Gasteiger partial charge is 0.355 e. The number of nitrogens with zero attached hydrogens (tertiary/aromatic N) is 1. The molecule has 4 heteroatoms. The van der Waals surface area contributed by atoms with E-state index in [1.807, 2.05) is 4.90 Å². The predicted octanol–water partition coefficient (Wildman–Crippen LogP) is -0.447. The van der Waals surface area contributed by atoms with Gasteiger partial charge in [0.25, 0.3) is 0 Å². The molecule has 0 saturated carbocycles. The molecule has 1 aliphatic heterocycles. The van der Waals surface area contributed by atoms with Crippen molar-refractivity contribution in [2.75, 3.05) is 13.1 Å². The molecule has 0 aliphatic carbocycles. The summed E-state index contributed by atoms with van der Waals surface area (Å²) in [7, 11) is 0. The summed E-state index contributed by atoms with van der Waals surface area (Å²) in [5, 5.41) is 0. The van der Waals surface area contributed by atoms with E-state index in [1.54, 1.807) is 0 Å². The van der Waals surface area contributed by atoms with Crippen molar-refractivity contribution < 1.29 is 4.79 Å². The van der Waals surface area contributed by atoms with Crippen LogP contribution < -0.4 is 5.73 Å². The van der Waals surface area contributed by atoms with Gasteiger partial charge in [0.15, 0.2) is 0 Å². The first-order chi connectivity index (χ1) is 5.01. The van der Waals surface area contributed by atoms with Gasteiger partial charge in [0.1, 0.15) is 4.77 Å². The highest BCUT2D eigenvalue weighted by Gasteiger charge is 2.26. The summed E-state index contributed by atoms with van der Waals surface area (Å²) in [5.74, 6) is 0. The van der Waals surface area contributed by atoms with Crippen LogP contribution in [0.3, 0.4) is 0 Å². The molecule has 1 fully saturated rings. The molecule has 2 N–H and O–H groups in total. The van der Waals surface area contributed by atoms with Crippen molar-refractivity contribution in [3.05, 3.63) is 0 Å². The van der Waals surface area contributed by atoms with Gasteiger partial charge in [-0.2, -0.15) is 0 Å².